The lowest BCUT2D eigenvalue weighted by molar-refractivity contribution is 0.0791. The molecule has 38 heavy (non-hydrogen) atoms. The van der Waals surface area contributed by atoms with Crippen LogP contribution in [-0.2, 0) is 16.6 Å². The van der Waals surface area contributed by atoms with Crippen LogP contribution in [0.15, 0.2) is 51.2 Å². The lowest BCUT2D eigenvalue weighted by atomic mass is 9.94. The molecule has 1 aromatic heterocycles. The van der Waals surface area contributed by atoms with Crippen molar-refractivity contribution in [2.75, 3.05) is 40.8 Å². The van der Waals surface area contributed by atoms with Crippen molar-refractivity contribution in [3.63, 3.8) is 0 Å². The molecule has 9 nitrogen and oxygen atoms in total. The molecule has 1 N–H and O–H groups in total. The van der Waals surface area contributed by atoms with Crippen LogP contribution >= 0.6 is 11.3 Å². The molecule has 0 fully saturated rings. The van der Waals surface area contributed by atoms with E-state index in [9.17, 15) is 13.2 Å². The van der Waals surface area contributed by atoms with E-state index in [1.807, 2.05) is 0 Å². The van der Waals surface area contributed by atoms with E-state index >= 15 is 0 Å². The molecular formula is C27H35N5O4S2. The van der Waals surface area contributed by atoms with Gasteiger partial charge < -0.3 is 15.0 Å². The maximum Gasteiger partial charge on any atom is 0.273 e. The third-order valence-electron chi connectivity index (χ3n) is 6.78. The number of amides is 1. The van der Waals surface area contributed by atoms with Crippen molar-refractivity contribution in [2.45, 2.75) is 38.1 Å². The van der Waals surface area contributed by atoms with Crippen molar-refractivity contribution in [1.82, 2.24) is 19.5 Å². The maximum atomic E-state index is 13.3. The molecule has 1 amide bonds. The molecule has 11 heteroatoms. The Morgan fingerprint density at radius 1 is 1.24 bits per heavy atom. The third kappa shape index (κ3) is 6.16. The van der Waals surface area contributed by atoms with Gasteiger partial charge in [0.15, 0.2) is 0 Å². The van der Waals surface area contributed by atoms with Crippen molar-refractivity contribution < 1.29 is 17.9 Å². The number of benzene rings is 1. The standard InChI is InChI=1S/C27H35N5O4S2/c1-18-14-22(36-5)15-19(2)25(18)38(34,35)32(4)16-24-30-23(17-37-24)27(33)31(3)13-10-20-6-8-21(9-7-20)26-28-11-12-29-26/h6-8,14-15,17,21H,9-13,16H2,1-5H3,(H,28,29). The number of nitrogens with one attached hydrogen (secondary N) is 1. The van der Waals surface area contributed by atoms with E-state index in [2.05, 4.69) is 33.5 Å². The Labute approximate surface area is 229 Å². The molecule has 204 valence electrons. The van der Waals surface area contributed by atoms with Crippen molar-refractivity contribution >= 4 is 33.1 Å². The van der Waals surface area contributed by atoms with E-state index in [1.54, 1.807) is 50.4 Å². The molecule has 1 aliphatic heterocycles. The fourth-order valence-electron chi connectivity index (χ4n) is 4.66. The average Bonchev–Trinajstić information content (AvgIpc) is 3.59. The Morgan fingerprint density at radius 2 is 1.97 bits per heavy atom. The summed E-state index contributed by atoms with van der Waals surface area (Å²) in [5, 5.41) is 5.59. The summed E-state index contributed by atoms with van der Waals surface area (Å²) >= 11 is 1.28. The SMILES string of the molecule is COc1cc(C)c(S(=O)(=O)N(C)Cc2nc(C(=O)N(C)CCC3=CCC(C4=NCCN4)C=C3)cs2)c(C)c1. The molecule has 0 saturated heterocycles. The minimum Gasteiger partial charge on any atom is -0.497 e. The van der Waals surface area contributed by atoms with Gasteiger partial charge in [-0.1, -0.05) is 23.8 Å². The van der Waals surface area contributed by atoms with Crippen LogP contribution in [0.3, 0.4) is 0 Å². The van der Waals surface area contributed by atoms with Crippen molar-refractivity contribution in [3.05, 3.63) is 63.1 Å². The Bertz CT molecular complexity index is 1370. The molecule has 0 bridgehead atoms. The molecule has 1 aliphatic carbocycles. The van der Waals surface area contributed by atoms with Crippen LogP contribution in [0.2, 0.25) is 0 Å². The molecule has 0 saturated carbocycles. The molecule has 0 spiro atoms. The van der Waals surface area contributed by atoms with Crippen LogP contribution in [-0.4, -0.2) is 75.2 Å². The molecular weight excluding hydrogens is 522 g/mol. The number of aliphatic imine (C=N–C) groups is 1. The smallest absolute Gasteiger partial charge is 0.273 e. The Kier molecular flexibility index (Phi) is 8.69. The number of carbonyl (C=O) groups excluding carboxylic acids is 1. The van der Waals surface area contributed by atoms with E-state index < -0.39 is 10.0 Å². The van der Waals surface area contributed by atoms with Gasteiger partial charge in [0, 0.05) is 38.5 Å². The van der Waals surface area contributed by atoms with E-state index in [0.717, 1.165) is 31.8 Å². The topological polar surface area (TPSA) is 104 Å². The van der Waals surface area contributed by atoms with E-state index in [1.165, 1.54) is 28.3 Å². The Hall–Kier alpha value is -3.02. The number of aromatic nitrogens is 1. The summed E-state index contributed by atoms with van der Waals surface area (Å²) in [6, 6.07) is 3.42. The zero-order valence-corrected chi connectivity index (χ0v) is 24.2. The number of rotatable bonds is 10. The van der Waals surface area contributed by atoms with Gasteiger partial charge in [0.1, 0.15) is 22.3 Å². The van der Waals surface area contributed by atoms with Gasteiger partial charge in [0.05, 0.1) is 25.1 Å². The summed E-state index contributed by atoms with van der Waals surface area (Å²) < 4.78 is 33.2. The number of aryl methyl sites for hydroxylation is 2. The van der Waals surface area contributed by atoms with Crippen molar-refractivity contribution in [2.24, 2.45) is 10.9 Å². The first-order valence-electron chi connectivity index (χ1n) is 12.6. The first-order valence-corrected chi connectivity index (χ1v) is 14.9. The maximum absolute atomic E-state index is 13.3. The minimum atomic E-state index is -3.76. The van der Waals surface area contributed by atoms with Gasteiger partial charge in [-0.3, -0.25) is 9.79 Å². The number of allylic oxidation sites excluding steroid dienone is 2. The predicted octanol–water partition coefficient (Wildman–Crippen LogP) is 3.56. The number of nitrogens with zero attached hydrogens (tertiary/aromatic N) is 4. The summed E-state index contributed by atoms with van der Waals surface area (Å²) in [5.74, 6) is 1.82. The van der Waals surface area contributed by atoms with Crippen molar-refractivity contribution in [1.29, 1.82) is 0 Å². The zero-order chi connectivity index (χ0) is 27.4. The van der Waals surface area contributed by atoms with Crippen LogP contribution in [0.4, 0.5) is 0 Å². The normalized spacial score (nSPS) is 17.3. The molecule has 4 rings (SSSR count). The molecule has 0 radical (unpaired) electrons. The van der Waals surface area contributed by atoms with Gasteiger partial charge in [0.2, 0.25) is 10.0 Å². The highest BCUT2D eigenvalue weighted by Gasteiger charge is 2.27. The first-order chi connectivity index (χ1) is 18.1. The van der Waals surface area contributed by atoms with Crippen LogP contribution in [0.5, 0.6) is 5.75 Å². The highest BCUT2D eigenvalue weighted by atomic mass is 32.2. The number of thiazole rings is 1. The van der Waals surface area contributed by atoms with Crippen LogP contribution in [0.1, 0.15) is 39.5 Å². The second kappa shape index (κ2) is 11.8. The van der Waals surface area contributed by atoms with Gasteiger partial charge in [-0.05, 0) is 49.9 Å². The second-order valence-electron chi connectivity index (χ2n) is 9.63. The Morgan fingerprint density at radius 3 is 2.58 bits per heavy atom. The molecule has 1 atom stereocenters. The van der Waals surface area contributed by atoms with Crippen LogP contribution < -0.4 is 10.1 Å². The van der Waals surface area contributed by atoms with E-state index in [-0.39, 0.29) is 17.3 Å². The fraction of sp³-hybridized carbons (Fsp3) is 0.444. The third-order valence-corrected chi connectivity index (χ3v) is 9.72. The van der Waals surface area contributed by atoms with E-state index in [4.69, 9.17) is 4.74 Å². The van der Waals surface area contributed by atoms with Crippen LogP contribution in [0, 0.1) is 19.8 Å². The number of hydrogen-bond donors (Lipinski definition) is 1. The highest BCUT2D eigenvalue weighted by molar-refractivity contribution is 7.89. The monoisotopic (exact) mass is 557 g/mol. The minimum absolute atomic E-state index is 0.0773. The zero-order valence-electron chi connectivity index (χ0n) is 22.5. The van der Waals surface area contributed by atoms with Gasteiger partial charge in [0.25, 0.3) is 5.91 Å². The summed E-state index contributed by atoms with van der Waals surface area (Å²) in [6.45, 7) is 5.91. The number of carbonyl (C=O) groups is 1. The lowest BCUT2D eigenvalue weighted by Crippen LogP contribution is -2.29. The summed E-state index contributed by atoms with van der Waals surface area (Å²) in [6.07, 6.45) is 8.19. The predicted molar refractivity (Wildman–Crippen MR) is 150 cm³/mol. The van der Waals surface area contributed by atoms with Crippen LogP contribution in [0.25, 0.3) is 0 Å². The number of hydrogen-bond acceptors (Lipinski definition) is 8. The fourth-order valence-corrected chi connectivity index (χ4v) is 7.10. The van der Waals surface area contributed by atoms with Gasteiger partial charge in [-0.2, -0.15) is 4.31 Å². The van der Waals surface area contributed by atoms with Gasteiger partial charge in [-0.25, -0.2) is 13.4 Å². The largest absolute Gasteiger partial charge is 0.497 e. The van der Waals surface area contributed by atoms with Crippen molar-refractivity contribution in [3.8, 4) is 5.75 Å². The number of ether oxygens (including phenoxy) is 1. The van der Waals surface area contributed by atoms with Gasteiger partial charge in [-0.15, -0.1) is 11.3 Å². The lowest BCUT2D eigenvalue weighted by Gasteiger charge is -2.20. The molecule has 2 aromatic rings. The van der Waals surface area contributed by atoms with Gasteiger partial charge >= 0.3 is 0 Å². The number of amidine groups is 1. The number of sulfonamides is 1. The molecule has 2 aliphatic rings. The average molecular weight is 558 g/mol. The second-order valence-corrected chi connectivity index (χ2v) is 12.6. The highest BCUT2D eigenvalue weighted by Crippen LogP contribution is 2.29. The first kappa shape index (κ1) is 28.0. The molecule has 2 heterocycles. The Balaban J connectivity index is 1.34. The van der Waals surface area contributed by atoms with E-state index in [0.29, 0.717) is 40.0 Å². The summed E-state index contributed by atoms with van der Waals surface area (Å²) in [7, 11) is 1.09. The summed E-state index contributed by atoms with van der Waals surface area (Å²) in [5.41, 5.74) is 2.77. The quantitative estimate of drug-likeness (QED) is 0.479. The number of methoxy groups -OCH3 is 1. The molecule has 1 unspecified atom stereocenters. The molecule has 1 aromatic carbocycles. The summed E-state index contributed by atoms with van der Waals surface area (Å²) in [4.78, 5) is 23.9.